The second kappa shape index (κ2) is 11.7. The maximum atomic E-state index is 12.7. The van der Waals surface area contributed by atoms with Crippen LogP contribution in [0.3, 0.4) is 0 Å². The van der Waals surface area contributed by atoms with E-state index in [0.717, 1.165) is 25.8 Å². The van der Waals surface area contributed by atoms with Gasteiger partial charge >= 0.3 is 6.03 Å². The van der Waals surface area contributed by atoms with Crippen molar-refractivity contribution in [1.29, 1.82) is 0 Å². The number of anilines is 1. The summed E-state index contributed by atoms with van der Waals surface area (Å²) in [6.45, 7) is 5.16. The summed E-state index contributed by atoms with van der Waals surface area (Å²) >= 11 is 0. The Hall–Kier alpha value is -3.59. The van der Waals surface area contributed by atoms with Gasteiger partial charge in [0.1, 0.15) is 13.2 Å². The Balaban J connectivity index is 1.27. The first-order valence-electron chi connectivity index (χ1n) is 12.1. The highest BCUT2D eigenvalue weighted by molar-refractivity contribution is 6.02. The summed E-state index contributed by atoms with van der Waals surface area (Å²) < 4.78 is 11.0. The molecule has 1 saturated heterocycles. The molecule has 0 aliphatic carbocycles. The summed E-state index contributed by atoms with van der Waals surface area (Å²) in [4.78, 5) is 41.7. The van der Waals surface area contributed by atoms with Gasteiger partial charge in [-0.1, -0.05) is 25.1 Å². The van der Waals surface area contributed by atoms with E-state index in [1.807, 2.05) is 35.2 Å². The van der Waals surface area contributed by atoms with E-state index in [1.54, 1.807) is 18.2 Å². The molecule has 0 radical (unpaired) electrons. The Bertz CT molecular complexity index is 1040. The average molecular weight is 481 g/mol. The van der Waals surface area contributed by atoms with Crippen molar-refractivity contribution in [3.05, 3.63) is 54.1 Å². The van der Waals surface area contributed by atoms with Crippen LogP contribution in [0.5, 0.6) is 11.5 Å². The summed E-state index contributed by atoms with van der Waals surface area (Å²) in [6.07, 6.45) is 2.46. The van der Waals surface area contributed by atoms with Crippen LogP contribution in [0.4, 0.5) is 10.5 Å². The van der Waals surface area contributed by atoms with Gasteiger partial charge in [0.25, 0.3) is 5.91 Å². The molecule has 2 aliphatic rings. The molecule has 186 valence electrons. The van der Waals surface area contributed by atoms with Gasteiger partial charge in [0.05, 0.1) is 6.54 Å². The van der Waals surface area contributed by atoms with Crippen molar-refractivity contribution in [1.82, 2.24) is 15.1 Å². The quantitative estimate of drug-likeness (QED) is 0.632. The summed E-state index contributed by atoms with van der Waals surface area (Å²) in [7, 11) is 0. The molecule has 35 heavy (non-hydrogen) atoms. The van der Waals surface area contributed by atoms with Gasteiger partial charge in [0, 0.05) is 36.4 Å². The molecule has 0 aromatic heterocycles. The van der Waals surface area contributed by atoms with Crippen LogP contribution >= 0.6 is 0 Å². The fraction of sp³-hybridized carbons (Fsp3) is 0.423. The highest BCUT2D eigenvalue weighted by Gasteiger charge is 2.28. The Morgan fingerprint density at radius 1 is 1.00 bits per heavy atom. The highest BCUT2D eigenvalue weighted by atomic mass is 16.6. The molecule has 0 saturated carbocycles. The van der Waals surface area contributed by atoms with E-state index in [4.69, 9.17) is 9.47 Å². The molecular formula is C26H32N4O5. The number of nitrogens with one attached hydrogen (secondary N) is 2. The topological polar surface area (TPSA) is 100 Å². The lowest BCUT2D eigenvalue weighted by Crippen LogP contribution is -2.50. The van der Waals surface area contributed by atoms with Gasteiger partial charge in [-0.2, -0.15) is 0 Å². The molecule has 2 heterocycles. The molecule has 0 atom stereocenters. The predicted molar refractivity (Wildman–Crippen MR) is 132 cm³/mol. The second-order valence-electron chi connectivity index (χ2n) is 8.72. The summed E-state index contributed by atoms with van der Waals surface area (Å²) in [5.74, 6) is 0.868. The normalized spacial score (nSPS) is 15.5. The number of hydrogen-bond acceptors (Lipinski definition) is 6. The van der Waals surface area contributed by atoms with Crippen LogP contribution in [-0.4, -0.2) is 73.1 Å². The van der Waals surface area contributed by atoms with E-state index in [1.165, 1.54) is 0 Å². The van der Waals surface area contributed by atoms with E-state index in [-0.39, 0.29) is 24.4 Å². The Kier molecular flexibility index (Phi) is 8.20. The number of imide groups is 1. The molecule has 2 N–H and O–H groups in total. The summed E-state index contributed by atoms with van der Waals surface area (Å²) in [5, 5.41) is 5.09. The Morgan fingerprint density at radius 3 is 2.43 bits per heavy atom. The van der Waals surface area contributed by atoms with Crippen LogP contribution in [0.15, 0.2) is 48.5 Å². The van der Waals surface area contributed by atoms with Gasteiger partial charge in [-0.25, -0.2) is 4.79 Å². The third-order valence-electron chi connectivity index (χ3n) is 6.20. The van der Waals surface area contributed by atoms with Crippen molar-refractivity contribution < 1.29 is 23.9 Å². The van der Waals surface area contributed by atoms with Crippen LogP contribution in [0.2, 0.25) is 0 Å². The fourth-order valence-corrected chi connectivity index (χ4v) is 4.51. The third-order valence-corrected chi connectivity index (χ3v) is 6.20. The number of nitrogens with zero attached hydrogens (tertiary/aromatic N) is 2. The lowest BCUT2D eigenvalue weighted by atomic mass is 10.0. The molecule has 2 aliphatic heterocycles. The minimum atomic E-state index is -0.591. The van der Waals surface area contributed by atoms with E-state index in [0.29, 0.717) is 49.1 Å². The van der Waals surface area contributed by atoms with Crippen LogP contribution < -0.4 is 20.1 Å². The monoisotopic (exact) mass is 480 g/mol. The first-order chi connectivity index (χ1) is 17.0. The van der Waals surface area contributed by atoms with Crippen molar-refractivity contribution in [3.8, 4) is 11.5 Å². The molecular weight excluding hydrogens is 448 g/mol. The molecule has 9 heteroatoms. The van der Waals surface area contributed by atoms with Crippen molar-refractivity contribution in [2.75, 3.05) is 44.7 Å². The number of likely N-dealkylation sites (tertiary alicyclic amines) is 1. The zero-order valence-corrected chi connectivity index (χ0v) is 20.0. The molecule has 0 unspecified atom stereocenters. The molecule has 2 aromatic carbocycles. The van der Waals surface area contributed by atoms with E-state index < -0.39 is 6.03 Å². The predicted octanol–water partition coefficient (Wildman–Crippen LogP) is 3.12. The molecule has 9 nitrogen and oxygen atoms in total. The Morgan fingerprint density at radius 2 is 1.71 bits per heavy atom. The van der Waals surface area contributed by atoms with E-state index in [2.05, 4.69) is 22.5 Å². The average Bonchev–Trinajstić information content (AvgIpc) is 2.88. The third kappa shape index (κ3) is 6.51. The number of rotatable bonds is 7. The molecule has 0 bridgehead atoms. The molecule has 1 fully saturated rings. The maximum Gasteiger partial charge on any atom is 0.325 e. The van der Waals surface area contributed by atoms with E-state index >= 15 is 0 Å². The van der Waals surface area contributed by atoms with Crippen LogP contribution in [0.1, 0.15) is 36.5 Å². The van der Waals surface area contributed by atoms with Gasteiger partial charge in [-0.05, 0) is 50.1 Å². The molecule has 4 rings (SSSR count). The number of benzene rings is 2. The van der Waals surface area contributed by atoms with Gasteiger partial charge in [-0.3, -0.25) is 19.8 Å². The van der Waals surface area contributed by atoms with Gasteiger partial charge in [-0.15, -0.1) is 0 Å². The van der Waals surface area contributed by atoms with Crippen molar-refractivity contribution in [2.45, 2.75) is 32.2 Å². The van der Waals surface area contributed by atoms with Crippen molar-refractivity contribution >= 4 is 23.5 Å². The summed E-state index contributed by atoms with van der Waals surface area (Å²) in [6, 6.07) is 14.0. The fourth-order valence-electron chi connectivity index (χ4n) is 4.51. The standard InChI is InChI=1S/C26H32N4O5/c1-2-12-30(21-10-13-29(14-11-21)25(32)19-6-4-3-5-7-19)18-24(31)28-26(33)27-20-8-9-22-23(17-20)35-16-15-34-22/h3-9,17,21H,2,10-16,18H2,1H3,(H2,27,28,31,33). The number of piperidine rings is 1. The smallest absolute Gasteiger partial charge is 0.325 e. The SMILES string of the molecule is CCCN(CC(=O)NC(=O)Nc1ccc2c(c1)OCCO2)C1CCN(C(=O)c2ccccc2)CC1. The van der Waals surface area contributed by atoms with E-state index in [9.17, 15) is 14.4 Å². The number of fused-ring (bicyclic) bond motifs is 1. The van der Waals surface area contributed by atoms with Gasteiger partial charge in [0.2, 0.25) is 5.91 Å². The van der Waals surface area contributed by atoms with Crippen LogP contribution in [-0.2, 0) is 4.79 Å². The lowest BCUT2D eigenvalue weighted by molar-refractivity contribution is -0.121. The highest BCUT2D eigenvalue weighted by Crippen LogP contribution is 2.32. The molecule has 0 spiro atoms. The van der Waals surface area contributed by atoms with Gasteiger partial charge in [0.15, 0.2) is 11.5 Å². The Labute approximate surface area is 205 Å². The first-order valence-corrected chi connectivity index (χ1v) is 12.1. The van der Waals surface area contributed by atoms with Crippen LogP contribution in [0, 0.1) is 0 Å². The number of ether oxygens (including phenoxy) is 2. The van der Waals surface area contributed by atoms with Crippen LogP contribution in [0.25, 0.3) is 0 Å². The number of urea groups is 1. The van der Waals surface area contributed by atoms with Gasteiger partial charge < -0.3 is 19.7 Å². The lowest BCUT2D eigenvalue weighted by Gasteiger charge is -2.38. The largest absolute Gasteiger partial charge is 0.486 e. The zero-order valence-electron chi connectivity index (χ0n) is 20.0. The number of carbonyl (C=O) groups excluding carboxylic acids is 3. The second-order valence-corrected chi connectivity index (χ2v) is 8.72. The summed E-state index contributed by atoms with van der Waals surface area (Å²) in [5.41, 5.74) is 1.21. The van der Waals surface area contributed by atoms with Crippen molar-refractivity contribution in [3.63, 3.8) is 0 Å². The number of carbonyl (C=O) groups is 3. The minimum Gasteiger partial charge on any atom is -0.486 e. The minimum absolute atomic E-state index is 0.0413. The number of amides is 4. The number of hydrogen-bond donors (Lipinski definition) is 2. The zero-order chi connectivity index (χ0) is 24.6. The molecule has 2 aromatic rings. The van der Waals surface area contributed by atoms with Crippen molar-refractivity contribution in [2.24, 2.45) is 0 Å². The molecule has 4 amide bonds. The maximum absolute atomic E-state index is 12.7. The first kappa shape index (κ1) is 24.5.